The summed E-state index contributed by atoms with van der Waals surface area (Å²) in [5.74, 6) is 2.00. The molecular formula is C27H45N5O. The molecule has 0 fully saturated rings. The number of nitrogen functional groups attached to an aromatic ring is 1. The minimum Gasteiger partial charge on any atom is -0.495 e. The molecule has 0 atom stereocenters. The topological polar surface area (TPSA) is 85.1 Å². The molecule has 4 N–H and O–H groups in total. The highest BCUT2D eigenvalue weighted by Gasteiger charge is 2.10. The molecule has 0 saturated carbocycles. The second-order valence-corrected chi connectivity index (χ2v) is 8.83. The summed E-state index contributed by atoms with van der Waals surface area (Å²) in [7, 11) is 1.65. The van der Waals surface area contributed by atoms with Crippen LogP contribution in [-0.2, 0) is 0 Å². The van der Waals surface area contributed by atoms with Crippen molar-refractivity contribution in [2.24, 2.45) is 0 Å². The molecule has 1 aromatic carbocycles. The van der Waals surface area contributed by atoms with Crippen molar-refractivity contribution in [1.29, 1.82) is 0 Å². The first-order chi connectivity index (χ1) is 16.3. The summed E-state index contributed by atoms with van der Waals surface area (Å²) >= 11 is 0. The molecule has 0 aliphatic heterocycles. The fourth-order valence-electron chi connectivity index (χ4n) is 4.04. The normalized spacial score (nSPS) is 10.8. The Morgan fingerprint density at radius 2 is 1.30 bits per heavy atom. The standard InChI is InChI=1S/C27H45N5O/c1-3-4-5-6-7-8-9-10-11-12-13-14-15-18-21-29-26-25(28)27(31-22-30-26)32-23-19-16-17-20-24(23)33-2/h16-17,19-20,22H,3-15,18,21,28H2,1-2H3,(H2,29,30,31,32). The summed E-state index contributed by atoms with van der Waals surface area (Å²) in [6, 6.07) is 7.70. The number of benzene rings is 1. The third kappa shape index (κ3) is 10.8. The zero-order valence-electron chi connectivity index (χ0n) is 20.9. The molecule has 0 unspecified atom stereocenters. The first kappa shape index (κ1) is 26.7. The molecule has 6 nitrogen and oxygen atoms in total. The highest BCUT2D eigenvalue weighted by atomic mass is 16.5. The van der Waals surface area contributed by atoms with Crippen LogP contribution in [0, 0.1) is 0 Å². The molecule has 1 heterocycles. The Labute approximate surface area is 201 Å². The van der Waals surface area contributed by atoms with Crippen LogP contribution in [0.3, 0.4) is 0 Å². The molecule has 0 bridgehead atoms. The number of nitrogens with zero attached hydrogens (tertiary/aromatic N) is 2. The number of hydrogen-bond donors (Lipinski definition) is 3. The molecule has 6 heteroatoms. The quantitative estimate of drug-likeness (QED) is 0.188. The first-order valence-corrected chi connectivity index (χ1v) is 13.0. The zero-order chi connectivity index (χ0) is 23.6. The maximum atomic E-state index is 6.29. The van der Waals surface area contributed by atoms with Crippen LogP contribution in [0.15, 0.2) is 30.6 Å². The number of para-hydroxylation sites is 2. The van der Waals surface area contributed by atoms with E-state index in [1.807, 2.05) is 24.3 Å². The summed E-state index contributed by atoms with van der Waals surface area (Å²) < 4.78 is 5.39. The average Bonchev–Trinajstić information content (AvgIpc) is 2.84. The van der Waals surface area contributed by atoms with E-state index in [1.54, 1.807) is 7.11 Å². The van der Waals surface area contributed by atoms with Gasteiger partial charge >= 0.3 is 0 Å². The molecule has 0 radical (unpaired) electrons. The van der Waals surface area contributed by atoms with Gasteiger partial charge < -0.3 is 21.1 Å². The van der Waals surface area contributed by atoms with Gasteiger partial charge in [0.2, 0.25) is 0 Å². The predicted octanol–water partition coefficient (Wildman–Crippen LogP) is 7.70. The Bertz CT molecular complexity index is 768. The smallest absolute Gasteiger partial charge is 0.159 e. The van der Waals surface area contributed by atoms with Crippen LogP contribution < -0.4 is 21.1 Å². The fourth-order valence-corrected chi connectivity index (χ4v) is 4.04. The van der Waals surface area contributed by atoms with E-state index in [9.17, 15) is 0 Å². The Morgan fingerprint density at radius 1 is 0.758 bits per heavy atom. The molecule has 2 rings (SSSR count). The van der Waals surface area contributed by atoms with Crippen molar-refractivity contribution < 1.29 is 4.74 Å². The van der Waals surface area contributed by atoms with Crippen LogP contribution >= 0.6 is 0 Å². The number of rotatable bonds is 19. The van der Waals surface area contributed by atoms with Gasteiger partial charge in [-0.15, -0.1) is 0 Å². The molecule has 1 aromatic heterocycles. The monoisotopic (exact) mass is 455 g/mol. The van der Waals surface area contributed by atoms with E-state index in [0.29, 0.717) is 17.3 Å². The molecule has 33 heavy (non-hydrogen) atoms. The van der Waals surface area contributed by atoms with Gasteiger partial charge in [0.1, 0.15) is 17.8 Å². The summed E-state index contributed by atoms with van der Waals surface area (Å²) in [5.41, 5.74) is 7.64. The van der Waals surface area contributed by atoms with Crippen molar-refractivity contribution in [2.45, 2.75) is 96.8 Å². The van der Waals surface area contributed by atoms with Crippen LogP contribution in [0.25, 0.3) is 0 Å². The highest BCUT2D eigenvalue weighted by molar-refractivity contribution is 5.79. The van der Waals surface area contributed by atoms with Gasteiger partial charge in [-0.3, -0.25) is 0 Å². The van der Waals surface area contributed by atoms with Crippen molar-refractivity contribution >= 4 is 23.0 Å². The van der Waals surface area contributed by atoms with Gasteiger partial charge in [-0.05, 0) is 18.6 Å². The van der Waals surface area contributed by atoms with Crippen LogP contribution in [0.2, 0.25) is 0 Å². The summed E-state index contributed by atoms with van der Waals surface area (Å²) in [4.78, 5) is 8.60. The second kappa shape index (κ2) is 17.0. The van der Waals surface area contributed by atoms with Crippen molar-refractivity contribution in [1.82, 2.24) is 9.97 Å². The van der Waals surface area contributed by atoms with Gasteiger partial charge in [-0.25, -0.2) is 9.97 Å². The first-order valence-electron chi connectivity index (χ1n) is 13.0. The third-order valence-corrected chi connectivity index (χ3v) is 6.07. The van der Waals surface area contributed by atoms with Crippen LogP contribution in [0.1, 0.15) is 96.8 Å². The Morgan fingerprint density at radius 3 is 1.91 bits per heavy atom. The lowest BCUT2D eigenvalue weighted by molar-refractivity contribution is 0.417. The van der Waals surface area contributed by atoms with Crippen molar-refractivity contribution in [2.75, 3.05) is 30.0 Å². The summed E-state index contributed by atoms with van der Waals surface area (Å²) in [5, 5.41) is 6.61. The van der Waals surface area contributed by atoms with E-state index in [2.05, 4.69) is 27.5 Å². The van der Waals surface area contributed by atoms with Crippen molar-refractivity contribution in [3.05, 3.63) is 30.6 Å². The van der Waals surface area contributed by atoms with Gasteiger partial charge in [0, 0.05) is 6.54 Å². The number of methoxy groups -OCH3 is 1. The van der Waals surface area contributed by atoms with E-state index in [0.717, 1.165) is 24.4 Å². The molecule has 0 saturated heterocycles. The minimum absolute atomic E-state index is 0.522. The number of ether oxygens (including phenoxy) is 1. The molecule has 0 aliphatic carbocycles. The second-order valence-electron chi connectivity index (χ2n) is 8.83. The third-order valence-electron chi connectivity index (χ3n) is 6.07. The Kier molecular flexibility index (Phi) is 13.8. The van der Waals surface area contributed by atoms with Crippen molar-refractivity contribution in [3.63, 3.8) is 0 Å². The maximum Gasteiger partial charge on any atom is 0.159 e. The van der Waals surface area contributed by atoms with Gasteiger partial charge in [0.05, 0.1) is 12.8 Å². The van der Waals surface area contributed by atoms with Gasteiger partial charge in [-0.1, -0.05) is 103 Å². The largest absolute Gasteiger partial charge is 0.495 e. The lowest BCUT2D eigenvalue weighted by Crippen LogP contribution is -2.09. The lowest BCUT2D eigenvalue weighted by atomic mass is 10.0. The number of anilines is 4. The SMILES string of the molecule is CCCCCCCCCCCCCCCCNc1ncnc(Nc2ccccc2OC)c1N. The average molecular weight is 456 g/mol. The number of unbranched alkanes of at least 4 members (excludes halogenated alkanes) is 13. The van der Waals surface area contributed by atoms with Crippen molar-refractivity contribution in [3.8, 4) is 5.75 Å². The van der Waals surface area contributed by atoms with Crippen LogP contribution in [0.4, 0.5) is 23.0 Å². The number of nitrogens with one attached hydrogen (secondary N) is 2. The maximum absolute atomic E-state index is 6.29. The van der Waals surface area contributed by atoms with Crippen LogP contribution in [-0.4, -0.2) is 23.6 Å². The molecule has 2 aromatic rings. The minimum atomic E-state index is 0.522. The van der Waals surface area contributed by atoms with Crippen LogP contribution in [0.5, 0.6) is 5.75 Å². The van der Waals surface area contributed by atoms with Gasteiger partial charge in [-0.2, -0.15) is 0 Å². The highest BCUT2D eigenvalue weighted by Crippen LogP contribution is 2.30. The summed E-state index contributed by atoms with van der Waals surface area (Å²) in [6.45, 7) is 3.15. The zero-order valence-corrected chi connectivity index (χ0v) is 20.9. The summed E-state index contributed by atoms with van der Waals surface area (Å²) in [6.07, 6.45) is 20.6. The predicted molar refractivity (Wildman–Crippen MR) is 142 cm³/mol. The number of nitrogens with two attached hydrogens (primary N) is 1. The number of aromatic nitrogens is 2. The molecule has 0 amide bonds. The Balaban J connectivity index is 1.54. The van der Waals surface area contributed by atoms with E-state index in [-0.39, 0.29) is 0 Å². The van der Waals surface area contributed by atoms with E-state index < -0.39 is 0 Å². The molecule has 0 aliphatic rings. The lowest BCUT2D eigenvalue weighted by Gasteiger charge is -2.14. The number of hydrogen-bond acceptors (Lipinski definition) is 6. The van der Waals surface area contributed by atoms with E-state index >= 15 is 0 Å². The molecular weight excluding hydrogens is 410 g/mol. The Hall–Kier alpha value is -2.50. The van der Waals surface area contributed by atoms with Gasteiger partial charge in [0.15, 0.2) is 11.6 Å². The van der Waals surface area contributed by atoms with Gasteiger partial charge in [0.25, 0.3) is 0 Å². The molecule has 184 valence electrons. The van der Waals surface area contributed by atoms with E-state index in [1.165, 1.54) is 89.8 Å². The fraction of sp³-hybridized carbons (Fsp3) is 0.630. The molecule has 0 spiro atoms. The van der Waals surface area contributed by atoms with E-state index in [4.69, 9.17) is 10.5 Å².